The van der Waals surface area contributed by atoms with E-state index in [1.54, 1.807) is 19.1 Å². The minimum Gasteiger partial charge on any atom is -0.383 e. The largest absolute Gasteiger partial charge is 0.383 e. The summed E-state index contributed by atoms with van der Waals surface area (Å²) in [5, 5.41) is 10.3. The van der Waals surface area contributed by atoms with Crippen molar-refractivity contribution in [2.45, 2.75) is 26.9 Å². The summed E-state index contributed by atoms with van der Waals surface area (Å²) in [5.41, 5.74) is 2.31. The number of aliphatic hydroxyl groups excluding tert-OH is 1. The summed E-state index contributed by atoms with van der Waals surface area (Å²) in [4.78, 5) is 0. The maximum Gasteiger partial charge on any atom is 0.135 e. The van der Waals surface area contributed by atoms with E-state index < -0.39 is 17.7 Å². The maximum atomic E-state index is 14.1. The van der Waals surface area contributed by atoms with Gasteiger partial charge in [-0.1, -0.05) is 34.1 Å². The van der Waals surface area contributed by atoms with Crippen LogP contribution in [0.1, 0.15) is 33.9 Å². The molecule has 1 unspecified atom stereocenters. The molecule has 2 rings (SSSR count). The lowest BCUT2D eigenvalue weighted by Crippen LogP contribution is -2.08. The summed E-state index contributed by atoms with van der Waals surface area (Å²) in [7, 11) is 0. The lowest BCUT2D eigenvalue weighted by Gasteiger charge is -2.16. The second-order valence-electron chi connectivity index (χ2n) is 4.96. The van der Waals surface area contributed by atoms with Gasteiger partial charge in [-0.2, -0.15) is 0 Å². The lowest BCUT2D eigenvalue weighted by molar-refractivity contribution is 0.208. The predicted octanol–water partition coefficient (Wildman–Crippen LogP) is 4.73. The van der Waals surface area contributed by atoms with E-state index >= 15 is 0 Å². The van der Waals surface area contributed by atoms with Crippen LogP contribution in [0.3, 0.4) is 0 Å². The SMILES string of the molecule is Cc1ccc(F)c(C(O)c2cc(C)c(Br)c(C)c2)c1F. The van der Waals surface area contributed by atoms with Crippen LogP contribution in [0.15, 0.2) is 28.7 Å². The van der Waals surface area contributed by atoms with Crippen LogP contribution in [0.5, 0.6) is 0 Å². The Morgan fingerprint density at radius 3 is 2.10 bits per heavy atom. The Morgan fingerprint density at radius 1 is 1.00 bits per heavy atom. The lowest BCUT2D eigenvalue weighted by atomic mass is 9.96. The van der Waals surface area contributed by atoms with Crippen LogP contribution in [0.4, 0.5) is 8.78 Å². The van der Waals surface area contributed by atoms with E-state index in [2.05, 4.69) is 15.9 Å². The fraction of sp³-hybridized carbons (Fsp3) is 0.250. The summed E-state index contributed by atoms with van der Waals surface area (Å²) in [5.74, 6) is -1.44. The fourth-order valence-electron chi connectivity index (χ4n) is 2.23. The molecule has 20 heavy (non-hydrogen) atoms. The highest BCUT2D eigenvalue weighted by Gasteiger charge is 2.22. The zero-order chi connectivity index (χ0) is 15.0. The number of aliphatic hydroxyl groups is 1. The van der Waals surface area contributed by atoms with Crippen LogP contribution in [-0.4, -0.2) is 5.11 Å². The molecule has 1 N–H and O–H groups in total. The molecule has 1 nitrogen and oxygen atoms in total. The molecule has 0 aliphatic carbocycles. The van der Waals surface area contributed by atoms with E-state index in [-0.39, 0.29) is 5.56 Å². The van der Waals surface area contributed by atoms with Crippen molar-refractivity contribution in [2.24, 2.45) is 0 Å². The molecule has 0 aromatic heterocycles. The van der Waals surface area contributed by atoms with E-state index in [0.717, 1.165) is 15.6 Å². The second-order valence-corrected chi connectivity index (χ2v) is 5.76. The first-order valence-corrected chi connectivity index (χ1v) is 7.01. The molecule has 0 fully saturated rings. The molecule has 0 bridgehead atoms. The van der Waals surface area contributed by atoms with Crippen LogP contribution in [0.25, 0.3) is 0 Å². The van der Waals surface area contributed by atoms with Gasteiger partial charge in [0.2, 0.25) is 0 Å². The molecule has 0 saturated heterocycles. The Labute approximate surface area is 125 Å². The summed E-state index contributed by atoms with van der Waals surface area (Å²) in [6, 6.07) is 5.99. The molecule has 0 amide bonds. The van der Waals surface area contributed by atoms with Crippen molar-refractivity contribution in [1.82, 2.24) is 0 Å². The third kappa shape index (κ3) is 2.63. The van der Waals surface area contributed by atoms with E-state index in [1.807, 2.05) is 13.8 Å². The van der Waals surface area contributed by atoms with Gasteiger partial charge in [0.25, 0.3) is 0 Å². The second kappa shape index (κ2) is 5.62. The third-order valence-corrected chi connectivity index (χ3v) is 4.62. The van der Waals surface area contributed by atoms with E-state index in [0.29, 0.717) is 11.1 Å². The quantitative estimate of drug-likeness (QED) is 0.837. The molecule has 0 saturated carbocycles. The molecular formula is C16H15BrF2O. The third-order valence-electron chi connectivity index (χ3n) is 3.37. The minimum atomic E-state index is -1.32. The van der Waals surface area contributed by atoms with Crippen LogP contribution >= 0.6 is 15.9 Å². The van der Waals surface area contributed by atoms with Gasteiger partial charge in [-0.15, -0.1) is 0 Å². The van der Waals surface area contributed by atoms with Crippen molar-refractivity contribution >= 4 is 15.9 Å². The number of aryl methyl sites for hydroxylation is 3. The highest BCUT2D eigenvalue weighted by Crippen LogP contribution is 2.32. The smallest absolute Gasteiger partial charge is 0.135 e. The number of hydrogen-bond donors (Lipinski definition) is 1. The Hall–Kier alpha value is -1.26. The average molecular weight is 341 g/mol. The molecule has 1 atom stereocenters. The van der Waals surface area contributed by atoms with E-state index in [9.17, 15) is 13.9 Å². The van der Waals surface area contributed by atoms with Crippen molar-refractivity contribution in [3.63, 3.8) is 0 Å². The molecule has 2 aromatic rings. The highest BCUT2D eigenvalue weighted by molar-refractivity contribution is 9.10. The van der Waals surface area contributed by atoms with Crippen molar-refractivity contribution in [2.75, 3.05) is 0 Å². The summed E-state index contributed by atoms with van der Waals surface area (Å²) >= 11 is 3.43. The zero-order valence-electron chi connectivity index (χ0n) is 11.5. The first-order valence-electron chi connectivity index (χ1n) is 6.22. The van der Waals surface area contributed by atoms with Gasteiger partial charge in [-0.3, -0.25) is 0 Å². The molecule has 4 heteroatoms. The Bertz CT molecular complexity index is 645. The molecule has 0 aliphatic heterocycles. The molecular weight excluding hydrogens is 326 g/mol. The monoisotopic (exact) mass is 340 g/mol. The van der Waals surface area contributed by atoms with Gasteiger partial charge in [0.15, 0.2) is 0 Å². The first-order chi connectivity index (χ1) is 9.32. The van der Waals surface area contributed by atoms with Crippen LogP contribution in [0.2, 0.25) is 0 Å². The number of hydrogen-bond acceptors (Lipinski definition) is 1. The summed E-state index contributed by atoms with van der Waals surface area (Å²) in [6.07, 6.45) is -1.32. The number of rotatable bonds is 2. The Kier molecular flexibility index (Phi) is 4.25. The molecule has 106 valence electrons. The standard InChI is InChI=1S/C16H15BrF2O/c1-8-4-5-12(18)13(15(8)19)16(20)11-6-9(2)14(17)10(3)7-11/h4-7,16,20H,1-3H3. The predicted molar refractivity (Wildman–Crippen MR) is 78.8 cm³/mol. The normalized spacial score (nSPS) is 12.6. The van der Waals surface area contributed by atoms with Crippen molar-refractivity contribution in [3.05, 3.63) is 68.2 Å². The van der Waals surface area contributed by atoms with Crippen molar-refractivity contribution < 1.29 is 13.9 Å². The number of halogens is 3. The fourth-order valence-corrected chi connectivity index (χ4v) is 2.46. The topological polar surface area (TPSA) is 20.2 Å². The molecule has 0 aliphatic rings. The van der Waals surface area contributed by atoms with Crippen LogP contribution < -0.4 is 0 Å². The average Bonchev–Trinajstić information content (AvgIpc) is 2.40. The molecule has 0 spiro atoms. The van der Waals surface area contributed by atoms with Gasteiger partial charge in [0, 0.05) is 4.47 Å². The number of benzene rings is 2. The van der Waals surface area contributed by atoms with E-state index in [1.165, 1.54) is 12.1 Å². The van der Waals surface area contributed by atoms with E-state index in [4.69, 9.17) is 0 Å². The van der Waals surface area contributed by atoms with Crippen molar-refractivity contribution in [1.29, 1.82) is 0 Å². The van der Waals surface area contributed by atoms with Gasteiger partial charge in [0.05, 0.1) is 5.56 Å². The van der Waals surface area contributed by atoms with Gasteiger partial charge in [-0.25, -0.2) is 8.78 Å². The summed E-state index contributed by atoms with van der Waals surface area (Å²) < 4.78 is 28.8. The Morgan fingerprint density at radius 2 is 1.55 bits per heavy atom. The van der Waals surface area contributed by atoms with Crippen LogP contribution in [-0.2, 0) is 0 Å². The molecule has 0 radical (unpaired) electrons. The van der Waals surface area contributed by atoms with Crippen LogP contribution in [0, 0.1) is 32.4 Å². The van der Waals surface area contributed by atoms with Gasteiger partial charge < -0.3 is 5.11 Å². The first kappa shape index (κ1) is 15.1. The Balaban J connectivity index is 2.57. The van der Waals surface area contributed by atoms with Crippen molar-refractivity contribution in [3.8, 4) is 0 Å². The molecule has 2 aromatic carbocycles. The van der Waals surface area contributed by atoms with Gasteiger partial charge >= 0.3 is 0 Å². The molecule has 0 heterocycles. The minimum absolute atomic E-state index is 0.300. The van der Waals surface area contributed by atoms with Gasteiger partial charge in [-0.05, 0) is 49.1 Å². The zero-order valence-corrected chi connectivity index (χ0v) is 13.1. The highest BCUT2D eigenvalue weighted by atomic mass is 79.9. The summed E-state index contributed by atoms with van der Waals surface area (Å²) in [6.45, 7) is 5.29. The van der Waals surface area contributed by atoms with Gasteiger partial charge in [0.1, 0.15) is 17.7 Å². The maximum absolute atomic E-state index is 14.1.